The summed E-state index contributed by atoms with van der Waals surface area (Å²) in [6.07, 6.45) is 1.08. The van der Waals surface area contributed by atoms with E-state index in [1.54, 1.807) is 0 Å². The van der Waals surface area contributed by atoms with E-state index >= 15 is 0 Å². The van der Waals surface area contributed by atoms with Crippen molar-refractivity contribution >= 4 is 11.6 Å². The summed E-state index contributed by atoms with van der Waals surface area (Å²) in [4.78, 5) is 0. The third-order valence-corrected chi connectivity index (χ3v) is 4.07. The van der Waals surface area contributed by atoms with Crippen LogP contribution in [-0.4, -0.2) is 13.1 Å². The number of benzene rings is 1. The van der Waals surface area contributed by atoms with Gasteiger partial charge in [0, 0.05) is 5.02 Å². The molecule has 94 valence electrons. The summed E-state index contributed by atoms with van der Waals surface area (Å²) in [6.45, 7) is 6.52. The summed E-state index contributed by atoms with van der Waals surface area (Å²) in [5.74, 6) is 1.37. The normalized spacial score (nSPS) is 25.2. The molecule has 0 saturated carbocycles. The number of hydrogen-bond donors (Lipinski definition) is 1. The molecule has 17 heavy (non-hydrogen) atoms. The Kier molecular flexibility index (Phi) is 4.05. The van der Waals surface area contributed by atoms with Crippen LogP contribution in [0.1, 0.15) is 31.7 Å². The fourth-order valence-corrected chi connectivity index (χ4v) is 3.08. The minimum Gasteiger partial charge on any atom is -0.316 e. The molecule has 0 aromatic heterocycles. The van der Waals surface area contributed by atoms with Gasteiger partial charge in [-0.05, 0) is 55.0 Å². The predicted octanol–water partition coefficient (Wildman–Crippen LogP) is 3.83. The summed E-state index contributed by atoms with van der Waals surface area (Å²) in [5, 5.41) is 4.00. The summed E-state index contributed by atoms with van der Waals surface area (Å²) in [6, 6.07) is 4.79. The SMILES string of the molecule is CC(C)C1CNCCC1c1ccc(F)cc1Cl. The van der Waals surface area contributed by atoms with Gasteiger partial charge in [0.1, 0.15) is 5.82 Å². The number of hydrogen-bond acceptors (Lipinski definition) is 1. The minimum absolute atomic E-state index is 0.256. The Balaban J connectivity index is 2.29. The molecule has 1 nitrogen and oxygen atoms in total. The maximum absolute atomic E-state index is 13.1. The first-order valence-corrected chi connectivity index (χ1v) is 6.63. The molecular weight excluding hydrogens is 237 g/mol. The Hall–Kier alpha value is -0.600. The predicted molar refractivity (Wildman–Crippen MR) is 70.0 cm³/mol. The van der Waals surface area contributed by atoms with Gasteiger partial charge in [-0.25, -0.2) is 4.39 Å². The van der Waals surface area contributed by atoms with E-state index in [2.05, 4.69) is 19.2 Å². The van der Waals surface area contributed by atoms with Crippen LogP contribution in [0, 0.1) is 17.7 Å². The van der Waals surface area contributed by atoms with E-state index in [9.17, 15) is 4.39 Å². The molecule has 3 heteroatoms. The van der Waals surface area contributed by atoms with Gasteiger partial charge in [-0.15, -0.1) is 0 Å². The van der Waals surface area contributed by atoms with Crippen LogP contribution in [0.5, 0.6) is 0 Å². The summed E-state index contributed by atoms with van der Waals surface area (Å²) < 4.78 is 13.1. The Morgan fingerprint density at radius 3 is 2.82 bits per heavy atom. The molecule has 1 heterocycles. The van der Waals surface area contributed by atoms with Crippen molar-refractivity contribution < 1.29 is 4.39 Å². The zero-order chi connectivity index (χ0) is 12.4. The molecule has 0 aliphatic carbocycles. The molecule has 1 aliphatic rings. The lowest BCUT2D eigenvalue weighted by Gasteiger charge is -2.35. The zero-order valence-electron chi connectivity index (χ0n) is 10.3. The van der Waals surface area contributed by atoms with Crippen LogP contribution in [0.3, 0.4) is 0 Å². The molecular formula is C14H19ClFN. The van der Waals surface area contributed by atoms with Crippen LogP contribution in [-0.2, 0) is 0 Å². The van der Waals surface area contributed by atoms with Gasteiger partial charge >= 0.3 is 0 Å². The highest BCUT2D eigenvalue weighted by molar-refractivity contribution is 6.31. The number of nitrogens with one attached hydrogen (secondary N) is 1. The molecule has 1 aliphatic heterocycles. The Bertz CT molecular complexity index is 392. The van der Waals surface area contributed by atoms with Gasteiger partial charge in [0.2, 0.25) is 0 Å². The summed E-state index contributed by atoms with van der Waals surface area (Å²) in [5.41, 5.74) is 1.10. The van der Waals surface area contributed by atoms with Crippen LogP contribution < -0.4 is 5.32 Å². The highest BCUT2D eigenvalue weighted by Gasteiger charge is 2.29. The zero-order valence-corrected chi connectivity index (χ0v) is 11.1. The van der Waals surface area contributed by atoms with Crippen LogP contribution >= 0.6 is 11.6 Å². The molecule has 1 fully saturated rings. The second-order valence-electron chi connectivity index (χ2n) is 5.17. The van der Waals surface area contributed by atoms with Crippen molar-refractivity contribution in [3.63, 3.8) is 0 Å². The van der Waals surface area contributed by atoms with Gasteiger partial charge in [-0.3, -0.25) is 0 Å². The van der Waals surface area contributed by atoms with Crippen LogP contribution in [0.25, 0.3) is 0 Å². The van der Waals surface area contributed by atoms with Gasteiger partial charge in [0.25, 0.3) is 0 Å². The summed E-state index contributed by atoms with van der Waals surface area (Å²) >= 11 is 6.17. The Labute approximate surface area is 107 Å². The minimum atomic E-state index is -0.256. The highest BCUT2D eigenvalue weighted by atomic mass is 35.5. The van der Waals surface area contributed by atoms with Crippen LogP contribution in [0.15, 0.2) is 18.2 Å². The van der Waals surface area contributed by atoms with Crippen molar-refractivity contribution in [1.82, 2.24) is 5.32 Å². The van der Waals surface area contributed by atoms with E-state index < -0.39 is 0 Å². The quantitative estimate of drug-likeness (QED) is 0.847. The van der Waals surface area contributed by atoms with Crippen molar-refractivity contribution in [3.05, 3.63) is 34.6 Å². The number of halogens is 2. The molecule has 1 aromatic rings. The molecule has 0 amide bonds. The van der Waals surface area contributed by atoms with Crippen molar-refractivity contribution in [3.8, 4) is 0 Å². The van der Waals surface area contributed by atoms with Crippen molar-refractivity contribution in [2.24, 2.45) is 11.8 Å². The molecule has 1 saturated heterocycles. The first-order chi connectivity index (χ1) is 8.09. The third-order valence-electron chi connectivity index (χ3n) is 3.75. The first kappa shape index (κ1) is 12.8. The lowest BCUT2D eigenvalue weighted by molar-refractivity contribution is 0.255. The van der Waals surface area contributed by atoms with E-state index in [-0.39, 0.29) is 5.82 Å². The molecule has 0 spiro atoms. The van der Waals surface area contributed by atoms with Crippen molar-refractivity contribution in [2.45, 2.75) is 26.2 Å². The monoisotopic (exact) mass is 255 g/mol. The van der Waals surface area contributed by atoms with Gasteiger partial charge in [0.05, 0.1) is 0 Å². The summed E-state index contributed by atoms with van der Waals surface area (Å²) in [7, 11) is 0. The molecule has 2 rings (SSSR count). The van der Waals surface area contributed by atoms with Gasteiger partial charge < -0.3 is 5.32 Å². The van der Waals surface area contributed by atoms with Crippen LogP contribution in [0.4, 0.5) is 4.39 Å². The third kappa shape index (κ3) is 2.80. The molecule has 2 unspecified atom stereocenters. The Morgan fingerprint density at radius 1 is 1.41 bits per heavy atom. The largest absolute Gasteiger partial charge is 0.316 e. The molecule has 1 aromatic carbocycles. The molecule has 2 atom stereocenters. The molecule has 0 radical (unpaired) electrons. The van der Waals surface area contributed by atoms with E-state index in [1.165, 1.54) is 12.1 Å². The van der Waals surface area contributed by atoms with Gasteiger partial charge in [-0.1, -0.05) is 31.5 Å². The van der Waals surface area contributed by atoms with E-state index in [1.807, 2.05) is 6.07 Å². The van der Waals surface area contributed by atoms with Gasteiger partial charge in [0.15, 0.2) is 0 Å². The van der Waals surface area contributed by atoms with E-state index in [4.69, 9.17) is 11.6 Å². The molecule has 0 bridgehead atoms. The second kappa shape index (κ2) is 5.36. The first-order valence-electron chi connectivity index (χ1n) is 6.25. The van der Waals surface area contributed by atoms with E-state index in [0.717, 1.165) is 25.1 Å². The lowest BCUT2D eigenvalue weighted by atomic mass is 9.75. The molecule has 1 N–H and O–H groups in total. The second-order valence-corrected chi connectivity index (χ2v) is 5.58. The fourth-order valence-electron chi connectivity index (χ4n) is 2.77. The topological polar surface area (TPSA) is 12.0 Å². The van der Waals surface area contributed by atoms with Crippen molar-refractivity contribution in [1.29, 1.82) is 0 Å². The van der Waals surface area contributed by atoms with Crippen LogP contribution in [0.2, 0.25) is 5.02 Å². The number of piperidine rings is 1. The lowest BCUT2D eigenvalue weighted by Crippen LogP contribution is -2.38. The van der Waals surface area contributed by atoms with Crippen molar-refractivity contribution in [2.75, 3.05) is 13.1 Å². The smallest absolute Gasteiger partial charge is 0.124 e. The maximum Gasteiger partial charge on any atom is 0.124 e. The highest BCUT2D eigenvalue weighted by Crippen LogP contribution is 2.38. The average molecular weight is 256 g/mol. The number of rotatable bonds is 2. The fraction of sp³-hybridized carbons (Fsp3) is 0.571. The standard InChI is InChI=1S/C14H19ClFN/c1-9(2)13-8-17-6-5-11(13)12-4-3-10(16)7-14(12)15/h3-4,7,9,11,13,17H,5-6,8H2,1-2H3. The average Bonchev–Trinajstić information content (AvgIpc) is 2.29. The Morgan fingerprint density at radius 2 is 2.18 bits per heavy atom. The maximum atomic E-state index is 13.1. The van der Waals surface area contributed by atoms with E-state index in [0.29, 0.717) is 22.8 Å². The van der Waals surface area contributed by atoms with Gasteiger partial charge in [-0.2, -0.15) is 0 Å².